The van der Waals surface area contributed by atoms with Gasteiger partial charge in [-0.1, -0.05) is 11.6 Å². The number of benzene rings is 1. The molecule has 2 aromatic heterocycles. The summed E-state index contributed by atoms with van der Waals surface area (Å²) < 4.78 is 46.8. The van der Waals surface area contributed by atoms with Crippen LogP contribution in [-0.2, 0) is 0 Å². The monoisotopic (exact) mass is 384 g/mol. The predicted molar refractivity (Wildman–Crippen MR) is 85.6 cm³/mol. The number of fused-ring (bicyclic) bond motifs is 1. The number of carbonyl (C=O) groups is 1. The van der Waals surface area contributed by atoms with Crippen LogP contribution in [0.25, 0.3) is 16.7 Å². The molecule has 0 bridgehead atoms. The Labute approximate surface area is 148 Å². The van der Waals surface area contributed by atoms with Crippen LogP contribution in [-0.4, -0.2) is 20.8 Å². The fraction of sp³-hybridized carbons (Fsp3) is 0.0625. The van der Waals surface area contributed by atoms with E-state index >= 15 is 0 Å². The number of nitrogens with zero attached hydrogens (tertiary/aromatic N) is 2. The second-order valence-corrected chi connectivity index (χ2v) is 5.55. The van der Waals surface area contributed by atoms with Crippen molar-refractivity contribution in [2.45, 2.75) is 6.92 Å². The minimum atomic E-state index is -1.80. The number of aryl methyl sites for hydroxylation is 1. The first-order valence-corrected chi connectivity index (χ1v) is 7.35. The largest absolute Gasteiger partial charge is 0.511 e. The second-order valence-electron chi connectivity index (χ2n) is 5.20. The van der Waals surface area contributed by atoms with Gasteiger partial charge in [-0.3, -0.25) is 9.36 Å². The summed E-state index contributed by atoms with van der Waals surface area (Å²) in [7, 11) is 0. The van der Waals surface area contributed by atoms with E-state index in [1.165, 1.54) is 6.92 Å². The van der Waals surface area contributed by atoms with Gasteiger partial charge in [0.2, 0.25) is 5.43 Å². The van der Waals surface area contributed by atoms with Crippen LogP contribution < -0.4 is 10.2 Å². The summed E-state index contributed by atoms with van der Waals surface area (Å²) in [5.41, 5.74) is -1.72. The van der Waals surface area contributed by atoms with E-state index < -0.39 is 39.9 Å². The molecule has 3 aromatic rings. The standard InChI is InChI=1S/C16H8ClF3N2O4/c1-6-11-13(23)10(26-16(24)25)5-22(15(11)21-14(17)12(6)20)9-3-2-7(18)4-8(9)19/h2-5H,1H3,(H,24,25). The van der Waals surface area contributed by atoms with Crippen LogP contribution >= 0.6 is 11.6 Å². The highest BCUT2D eigenvalue weighted by Gasteiger charge is 2.21. The highest BCUT2D eigenvalue weighted by molar-refractivity contribution is 6.30. The number of hydrogen-bond donors (Lipinski definition) is 1. The van der Waals surface area contributed by atoms with Gasteiger partial charge in [-0.15, -0.1) is 0 Å². The second kappa shape index (κ2) is 6.34. The van der Waals surface area contributed by atoms with Crippen LogP contribution in [0.1, 0.15) is 5.56 Å². The maximum atomic E-state index is 14.2. The normalized spacial score (nSPS) is 11.0. The topological polar surface area (TPSA) is 81.4 Å². The number of ether oxygens (including phenoxy) is 1. The molecule has 6 nitrogen and oxygen atoms in total. The zero-order valence-electron chi connectivity index (χ0n) is 12.9. The van der Waals surface area contributed by atoms with Crippen molar-refractivity contribution in [3.8, 4) is 11.4 Å². The van der Waals surface area contributed by atoms with Gasteiger partial charge >= 0.3 is 6.16 Å². The lowest BCUT2D eigenvalue weighted by Crippen LogP contribution is -2.18. The van der Waals surface area contributed by atoms with Crippen LogP contribution in [0.5, 0.6) is 5.75 Å². The van der Waals surface area contributed by atoms with Crippen molar-refractivity contribution in [3.05, 3.63) is 62.8 Å². The van der Waals surface area contributed by atoms with Crippen molar-refractivity contribution in [1.82, 2.24) is 9.55 Å². The van der Waals surface area contributed by atoms with E-state index in [1.54, 1.807) is 0 Å². The number of rotatable bonds is 2. The summed E-state index contributed by atoms with van der Waals surface area (Å²) in [6.07, 6.45) is -0.942. The highest BCUT2D eigenvalue weighted by atomic mass is 35.5. The maximum Gasteiger partial charge on any atom is 0.511 e. The Morgan fingerprint density at radius 1 is 1.31 bits per heavy atom. The van der Waals surface area contributed by atoms with Gasteiger partial charge in [-0.25, -0.2) is 22.9 Å². The van der Waals surface area contributed by atoms with Crippen molar-refractivity contribution in [2.75, 3.05) is 0 Å². The fourth-order valence-corrected chi connectivity index (χ4v) is 2.69. The lowest BCUT2D eigenvalue weighted by atomic mass is 10.1. The Hall–Kier alpha value is -3.07. The third kappa shape index (κ3) is 2.86. The summed E-state index contributed by atoms with van der Waals surface area (Å²) >= 11 is 5.71. The molecule has 1 aromatic carbocycles. The average Bonchev–Trinajstić information content (AvgIpc) is 2.55. The molecule has 1 N–H and O–H groups in total. The minimum Gasteiger partial charge on any atom is -0.449 e. The molecule has 10 heteroatoms. The van der Waals surface area contributed by atoms with E-state index in [-0.39, 0.29) is 22.3 Å². The molecular formula is C16H8ClF3N2O4. The SMILES string of the molecule is Cc1c(F)c(Cl)nc2c1c(=O)c(OC(=O)O)cn2-c1ccc(F)cc1F. The molecule has 26 heavy (non-hydrogen) atoms. The third-order valence-corrected chi connectivity index (χ3v) is 3.86. The van der Waals surface area contributed by atoms with Gasteiger partial charge in [-0.05, 0) is 19.1 Å². The van der Waals surface area contributed by atoms with E-state index in [2.05, 4.69) is 9.72 Å². The van der Waals surface area contributed by atoms with Crippen LogP contribution in [0.3, 0.4) is 0 Å². The van der Waals surface area contributed by atoms with E-state index in [1.807, 2.05) is 0 Å². The maximum absolute atomic E-state index is 14.2. The van der Waals surface area contributed by atoms with Gasteiger partial charge in [0.1, 0.15) is 11.6 Å². The quantitative estimate of drug-likeness (QED) is 0.536. The Morgan fingerprint density at radius 2 is 2.00 bits per heavy atom. The summed E-state index contributed by atoms with van der Waals surface area (Å²) in [4.78, 5) is 27.0. The summed E-state index contributed by atoms with van der Waals surface area (Å²) in [6.45, 7) is 1.22. The molecule has 0 unspecified atom stereocenters. The molecule has 0 aliphatic carbocycles. The molecule has 0 fully saturated rings. The fourth-order valence-electron chi connectivity index (χ4n) is 2.46. The van der Waals surface area contributed by atoms with Crippen molar-refractivity contribution >= 4 is 28.8 Å². The predicted octanol–water partition coefficient (Wildman–Crippen LogP) is 3.82. The molecule has 0 aliphatic heterocycles. The number of hydrogen-bond acceptors (Lipinski definition) is 4. The van der Waals surface area contributed by atoms with Gasteiger partial charge in [0, 0.05) is 11.6 Å². The molecule has 0 amide bonds. The van der Waals surface area contributed by atoms with Crippen molar-refractivity contribution < 1.29 is 27.8 Å². The van der Waals surface area contributed by atoms with Crippen LogP contribution in [0.15, 0.2) is 29.2 Å². The minimum absolute atomic E-state index is 0.225. The number of carboxylic acid groups (broad SMARTS) is 1. The van der Waals surface area contributed by atoms with Crippen molar-refractivity contribution in [2.24, 2.45) is 0 Å². The Morgan fingerprint density at radius 3 is 2.62 bits per heavy atom. The first-order valence-electron chi connectivity index (χ1n) is 6.98. The molecule has 0 aliphatic rings. The zero-order valence-corrected chi connectivity index (χ0v) is 13.6. The van der Waals surface area contributed by atoms with Gasteiger partial charge in [-0.2, -0.15) is 0 Å². The van der Waals surface area contributed by atoms with Crippen molar-refractivity contribution in [3.63, 3.8) is 0 Å². The number of pyridine rings is 2. The molecule has 0 saturated carbocycles. The van der Waals surface area contributed by atoms with E-state index in [0.717, 1.165) is 22.9 Å². The Balaban J connectivity index is 2.50. The Kier molecular flexibility index (Phi) is 4.33. The third-order valence-electron chi connectivity index (χ3n) is 3.60. The molecular weight excluding hydrogens is 377 g/mol. The highest BCUT2D eigenvalue weighted by Crippen LogP contribution is 2.27. The number of halogens is 4. The van der Waals surface area contributed by atoms with E-state index in [9.17, 15) is 22.8 Å². The molecule has 0 atom stereocenters. The summed E-state index contributed by atoms with van der Waals surface area (Å²) in [5, 5.41) is 7.85. The molecule has 0 saturated heterocycles. The van der Waals surface area contributed by atoms with E-state index in [0.29, 0.717) is 6.07 Å². The first-order chi connectivity index (χ1) is 12.2. The molecule has 2 heterocycles. The van der Waals surface area contributed by atoms with Crippen LogP contribution in [0, 0.1) is 24.4 Å². The number of aromatic nitrogens is 2. The van der Waals surface area contributed by atoms with E-state index in [4.69, 9.17) is 16.7 Å². The van der Waals surface area contributed by atoms with Crippen LogP contribution in [0.2, 0.25) is 5.15 Å². The van der Waals surface area contributed by atoms with Gasteiger partial charge in [0.25, 0.3) is 0 Å². The first kappa shape index (κ1) is 17.7. The lowest BCUT2D eigenvalue weighted by Gasteiger charge is -2.15. The summed E-state index contributed by atoms with van der Waals surface area (Å²) in [5.74, 6) is -3.59. The van der Waals surface area contributed by atoms with Gasteiger partial charge in [0.05, 0.1) is 17.3 Å². The molecule has 0 radical (unpaired) electrons. The zero-order chi connectivity index (χ0) is 19.2. The van der Waals surface area contributed by atoms with Crippen molar-refractivity contribution in [1.29, 1.82) is 0 Å². The molecule has 3 rings (SSSR count). The van der Waals surface area contributed by atoms with Gasteiger partial charge in [0.15, 0.2) is 22.4 Å². The summed E-state index contributed by atoms with van der Waals surface area (Å²) in [6, 6.07) is 2.56. The average molecular weight is 385 g/mol. The molecule has 0 spiro atoms. The van der Waals surface area contributed by atoms with Gasteiger partial charge < -0.3 is 9.84 Å². The van der Waals surface area contributed by atoms with Crippen LogP contribution in [0.4, 0.5) is 18.0 Å². The molecule has 134 valence electrons. The Bertz CT molecular complexity index is 1130. The smallest absolute Gasteiger partial charge is 0.449 e. The lowest BCUT2D eigenvalue weighted by molar-refractivity contribution is 0.144.